The van der Waals surface area contributed by atoms with Crippen molar-refractivity contribution in [2.24, 2.45) is 34.5 Å². The quantitative estimate of drug-likeness (QED) is 0.541. The van der Waals surface area contributed by atoms with Crippen LogP contribution in [0.5, 0.6) is 0 Å². The van der Waals surface area contributed by atoms with Crippen LogP contribution >= 0.6 is 0 Å². The minimum Gasteiger partial charge on any atom is -0.463 e. The van der Waals surface area contributed by atoms with Gasteiger partial charge in [0.25, 0.3) is 0 Å². The molecule has 31 heavy (non-hydrogen) atoms. The van der Waals surface area contributed by atoms with Gasteiger partial charge in [0, 0.05) is 13.8 Å². The number of hydrogen-bond acceptors (Lipinski definition) is 6. The van der Waals surface area contributed by atoms with Crippen LogP contribution in [0.3, 0.4) is 0 Å². The van der Waals surface area contributed by atoms with Crippen molar-refractivity contribution >= 4 is 17.7 Å². The number of carbonyl (C=O) groups is 3. The summed E-state index contributed by atoms with van der Waals surface area (Å²) < 4.78 is 11.4. The second-order valence-corrected chi connectivity index (χ2v) is 10.9. The summed E-state index contributed by atoms with van der Waals surface area (Å²) in [6.07, 6.45) is 8.54. The number of fused-ring (bicyclic) bond motifs is 5. The molecule has 0 bridgehead atoms. The van der Waals surface area contributed by atoms with Crippen molar-refractivity contribution in [3.05, 3.63) is 12.2 Å². The molecule has 1 N–H and O–H groups in total. The van der Waals surface area contributed by atoms with Gasteiger partial charge in [-0.25, -0.2) is 0 Å². The third kappa shape index (κ3) is 3.20. The van der Waals surface area contributed by atoms with Gasteiger partial charge >= 0.3 is 11.9 Å². The number of carbonyl (C=O) groups excluding carboxylic acids is 3. The van der Waals surface area contributed by atoms with Crippen LogP contribution in [-0.4, -0.2) is 40.6 Å². The highest BCUT2D eigenvalue weighted by Gasteiger charge is 2.68. The minimum atomic E-state index is -1.62. The van der Waals surface area contributed by atoms with E-state index >= 15 is 0 Å². The molecule has 0 saturated heterocycles. The van der Waals surface area contributed by atoms with Gasteiger partial charge in [-0.1, -0.05) is 19.9 Å². The summed E-state index contributed by atoms with van der Waals surface area (Å²) in [5.41, 5.74) is -2.42. The largest absolute Gasteiger partial charge is 0.463 e. The summed E-state index contributed by atoms with van der Waals surface area (Å²) in [7, 11) is 0. The Morgan fingerprint density at radius 2 is 1.65 bits per heavy atom. The highest BCUT2D eigenvalue weighted by atomic mass is 16.5. The number of esters is 2. The fourth-order valence-electron chi connectivity index (χ4n) is 7.88. The lowest BCUT2D eigenvalue weighted by atomic mass is 9.43. The molecule has 0 radical (unpaired) electrons. The number of allylic oxidation sites excluding steroid dienone is 1. The lowest BCUT2D eigenvalue weighted by Crippen LogP contribution is -2.65. The molecular weight excluding hydrogens is 396 g/mol. The van der Waals surface area contributed by atoms with Gasteiger partial charge in [0.2, 0.25) is 0 Å². The van der Waals surface area contributed by atoms with Crippen molar-refractivity contribution in [1.82, 2.24) is 0 Å². The second-order valence-electron chi connectivity index (χ2n) is 10.9. The van der Waals surface area contributed by atoms with Gasteiger partial charge in [-0.2, -0.15) is 0 Å². The van der Waals surface area contributed by atoms with Gasteiger partial charge in [-0.05, 0) is 80.6 Å². The number of ether oxygens (including phenoxy) is 2. The lowest BCUT2D eigenvalue weighted by Gasteiger charge is -2.63. The van der Waals surface area contributed by atoms with Crippen LogP contribution in [0.25, 0.3) is 0 Å². The van der Waals surface area contributed by atoms with E-state index in [1.807, 2.05) is 13.0 Å². The fourth-order valence-corrected chi connectivity index (χ4v) is 7.88. The average molecular weight is 433 g/mol. The van der Waals surface area contributed by atoms with Gasteiger partial charge in [0.15, 0.2) is 5.78 Å². The molecule has 0 aliphatic heterocycles. The third-order valence-corrected chi connectivity index (χ3v) is 9.53. The lowest BCUT2D eigenvalue weighted by molar-refractivity contribution is -0.214. The monoisotopic (exact) mass is 432 g/mol. The molecule has 6 nitrogen and oxygen atoms in total. The maximum absolute atomic E-state index is 12.6. The Morgan fingerprint density at radius 1 is 0.968 bits per heavy atom. The van der Waals surface area contributed by atoms with E-state index in [2.05, 4.69) is 6.92 Å². The van der Waals surface area contributed by atoms with Crippen LogP contribution in [0.4, 0.5) is 0 Å². The Hall–Kier alpha value is -1.69. The van der Waals surface area contributed by atoms with Crippen LogP contribution < -0.4 is 0 Å². The molecule has 172 valence electrons. The standard InChI is InChI=1S/C25H36O6/c1-14(26)25(29)11-9-20-19-7-6-17-12-18(30-15(2)27)8-10-23(17,4)21(19)13-22(24(20,25)5)31-16(3)28/h9,11,17-22,29H,6-8,10,12-13H2,1-5H3/t17-,18-,19-,20-,21-,22+,23-,24+,25-/m0/s1. The first-order valence-corrected chi connectivity index (χ1v) is 11.7. The SMILES string of the molecule is CC(=O)O[C@H]1CC[C@@]2(C)[C@@H](CC[C@@H]3[C@@H]2C[C@@H](OC(C)=O)[C@@]2(C)[C@H]3C=C[C@]2(O)C(C)=O)C1. The topological polar surface area (TPSA) is 89.9 Å². The van der Waals surface area contributed by atoms with Gasteiger partial charge in [-0.15, -0.1) is 0 Å². The van der Waals surface area contributed by atoms with E-state index in [1.54, 1.807) is 6.08 Å². The summed E-state index contributed by atoms with van der Waals surface area (Å²) in [5, 5.41) is 11.4. The molecule has 3 saturated carbocycles. The maximum atomic E-state index is 12.6. The first-order valence-electron chi connectivity index (χ1n) is 11.7. The van der Waals surface area contributed by atoms with Crippen molar-refractivity contribution in [3.63, 3.8) is 0 Å². The third-order valence-electron chi connectivity index (χ3n) is 9.53. The number of hydrogen-bond donors (Lipinski definition) is 1. The molecule has 0 heterocycles. The highest BCUT2D eigenvalue weighted by Crippen LogP contribution is 2.67. The maximum Gasteiger partial charge on any atom is 0.302 e. The zero-order chi connectivity index (χ0) is 22.8. The van der Waals surface area contributed by atoms with Crippen molar-refractivity contribution in [3.8, 4) is 0 Å². The molecule has 6 heteroatoms. The van der Waals surface area contributed by atoms with E-state index in [1.165, 1.54) is 20.8 Å². The zero-order valence-corrected chi connectivity index (χ0v) is 19.3. The number of ketones is 1. The van der Waals surface area contributed by atoms with Crippen molar-refractivity contribution < 1.29 is 29.0 Å². The normalized spacial score (nSPS) is 48.2. The summed E-state index contributed by atoms with van der Waals surface area (Å²) >= 11 is 0. The smallest absolute Gasteiger partial charge is 0.302 e. The Labute approximate surface area is 184 Å². The van der Waals surface area contributed by atoms with Crippen LogP contribution in [0.15, 0.2) is 12.2 Å². The number of aliphatic hydroxyl groups is 1. The summed E-state index contributed by atoms with van der Waals surface area (Å²) in [6, 6.07) is 0. The molecule has 0 aromatic rings. The van der Waals surface area contributed by atoms with Crippen LogP contribution in [0.1, 0.15) is 73.1 Å². The van der Waals surface area contributed by atoms with E-state index < -0.39 is 17.1 Å². The summed E-state index contributed by atoms with van der Waals surface area (Å²) in [5.74, 6) is 0.187. The van der Waals surface area contributed by atoms with Crippen LogP contribution in [0.2, 0.25) is 0 Å². The Bertz CT molecular complexity index is 819. The van der Waals surface area contributed by atoms with E-state index in [4.69, 9.17) is 9.47 Å². The molecule has 9 atom stereocenters. The zero-order valence-electron chi connectivity index (χ0n) is 19.3. The van der Waals surface area contributed by atoms with Crippen LogP contribution in [0, 0.1) is 34.5 Å². The minimum absolute atomic E-state index is 0.0144. The van der Waals surface area contributed by atoms with Gasteiger partial charge in [0.05, 0.1) is 5.41 Å². The van der Waals surface area contributed by atoms with Gasteiger partial charge in [-0.3, -0.25) is 14.4 Å². The molecule has 4 aliphatic carbocycles. The summed E-state index contributed by atoms with van der Waals surface area (Å²) in [4.78, 5) is 36.1. The average Bonchev–Trinajstić information content (AvgIpc) is 2.96. The van der Waals surface area contributed by atoms with Crippen molar-refractivity contribution in [2.45, 2.75) is 91.0 Å². The summed E-state index contributed by atoms with van der Waals surface area (Å²) in [6.45, 7) is 8.56. The molecular formula is C25H36O6. The van der Waals surface area contributed by atoms with Gasteiger partial charge in [0.1, 0.15) is 17.8 Å². The first kappa shape index (κ1) is 22.5. The van der Waals surface area contributed by atoms with Crippen molar-refractivity contribution in [2.75, 3.05) is 0 Å². The van der Waals surface area contributed by atoms with E-state index in [0.717, 1.165) is 32.1 Å². The molecule has 0 aromatic heterocycles. The number of rotatable bonds is 3. The Balaban J connectivity index is 1.68. The van der Waals surface area contributed by atoms with E-state index in [9.17, 15) is 19.5 Å². The number of Topliss-reactive ketones (excluding diaryl/α,β-unsaturated/α-hetero) is 1. The van der Waals surface area contributed by atoms with Crippen LogP contribution in [-0.2, 0) is 23.9 Å². The Morgan fingerprint density at radius 3 is 2.26 bits per heavy atom. The first-order chi connectivity index (χ1) is 14.4. The molecule has 0 unspecified atom stereocenters. The van der Waals surface area contributed by atoms with E-state index in [0.29, 0.717) is 24.2 Å². The predicted molar refractivity (Wildman–Crippen MR) is 114 cm³/mol. The van der Waals surface area contributed by atoms with Gasteiger partial charge < -0.3 is 14.6 Å². The van der Waals surface area contributed by atoms with E-state index in [-0.39, 0.29) is 35.2 Å². The predicted octanol–water partition coefficient (Wildman–Crippen LogP) is 3.60. The highest BCUT2D eigenvalue weighted by molar-refractivity contribution is 5.89. The fraction of sp³-hybridized carbons (Fsp3) is 0.800. The molecule has 4 aliphatic rings. The Kier molecular flexibility index (Phi) is 5.39. The molecule has 0 aromatic carbocycles. The molecule has 0 spiro atoms. The molecule has 4 rings (SSSR count). The molecule has 3 fully saturated rings. The van der Waals surface area contributed by atoms with Crippen molar-refractivity contribution in [1.29, 1.82) is 0 Å². The molecule has 0 amide bonds. The second kappa shape index (κ2) is 7.43.